The van der Waals surface area contributed by atoms with Crippen molar-refractivity contribution in [3.63, 3.8) is 0 Å². The summed E-state index contributed by atoms with van der Waals surface area (Å²) < 4.78 is 0. The average molecular weight is 152 g/mol. The van der Waals surface area contributed by atoms with E-state index in [1.165, 1.54) is 12.8 Å². The van der Waals surface area contributed by atoms with Gasteiger partial charge in [0.25, 0.3) is 0 Å². The van der Waals surface area contributed by atoms with Crippen LogP contribution in [0.25, 0.3) is 0 Å². The molecule has 0 unspecified atom stereocenters. The van der Waals surface area contributed by atoms with Gasteiger partial charge < -0.3 is 0 Å². The lowest BCUT2D eigenvalue weighted by atomic mass is 9.70. The second-order valence-corrected chi connectivity index (χ2v) is 4.67. The number of hydrogen-bond acceptors (Lipinski definition) is 1. The molecule has 2 atom stereocenters. The van der Waals surface area contributed by atoms with Gasteiger partial charge in [-0.3, -0.25) is 4.79 Å². The van der Waals surface area contributed by atoms with E-state index < -0.39 is 0 Å². The lowest BCUT2D eigenvalue weighted by Crippen LogP contribution is -2.31. The molecule has 11 heavy (non-hydrogen) atoms. The van der Waals surface area contributed by atoms with Gasteiger partial charge in [0.05, 0.1) is 0 Å². The molecule has 2 saturated carbocycles. The molecular weight excluding hydrogens is 136 g/mol. The summed E-state index contributed by atoms with van der Waals surface area (Å²) in [6, 6.07) is 0. The molecule has 1 nitrogen and oxygen atoms in total. The van der Waals surface area contributed by atoms with Crippen LogP contribution in [-0.2, 0) is 4.79 Å². The van der Waals surface area contributed by atoms with Crippen LogP contribution in [0.2, 0.25) is 0 Å². The Morgan fingerprint density at radius 2 is 1.91 bits per heavy atom. The maximum atomic E-state index is 11.6. The monoisotopic (exact) mass is 152 g/mol. The molecule has 0 bridgehead atoms. The minimum absolute atomic E-state index is 0.0625. The molecule has 0 aromatic heterocycles. The Hall–Kier alpha value is -0.330. The van der Waals surface area contributed by atoms with E-state index in [4.69, 9.17) is 0 Å². The van der Waals surface area contributed by atoms with Crippen LogP contribution in [0.15, 0.2) is 0 Å². The first kappa shape index (κ1) is 7.33. The molecule has 2 aliphatic carbocycles. The zero-order valence-corrected chi connectivity index (χ0v) is 7.44. The minimum Gasteiger partial charge on any atom is -0.299 e. The van der Waals surface area contributed by atoms with E-state index >= 15 is 0 Å². The third kappa shape index (κ3) is 0.692. The first-order chi connectivity index (χ1) is 5.08. The molecule has 0 aromatic carbocycles. The summed E-state index contributed by atoms with van der Waals surface area (Å²) in [5, 5.41) is 0. The van der Waals surface area contributed by atoms with E-state index in [1.54, 1.807) is 0 Å². The third-order valence-corrected chi connectivity index (χ3v) is 4.26. The van der Waals surface area contributed by atoms with E-state index in [2.05, 4.69) is 13.8 Å². The largest absolute Gasteiger partial charge is 0.299 e. The molecule has 0 saturated heterocycles. The number of rotatable bonds is 0. The Morgan fingerprint density at radius 1 is 1.18 bits per heavy atom. The summed E-state index contributed by atoms with van der Waals surface area (Å²) in [5.74, 6) is 0.525. The Kier molecular flexibility index (Phi) is 1.25. The van der Waals surface area contributed by atoms with Gasteiger partial charge in [0.15, 0.2) is 0 Å². The maximum Gasteiger partial charge on any atom is 0.139 e. The van der Waals surface area contributed by atoms with Gasteiger partial charge in [0, 0.05) is 11.8 Å². The van der Waals surface area contributed by atoms with Crippen molar-refractivity contribution in [3.8, 4) is 0 Å². The van der Waals surface area contributed by atoms with E-state index in [0.29, 0.717) is 11.2 Å². The fourth-order valence-corrected chi connectivity index (χ4v) is 2.95. The van der Waals surface area contributed by atoms with Crippen LogP contribution in [0, 0.1) is 10.8 Å². The van der Waals surface area contributed by atoms with Crippen LogP contribution in [0.1, 0.15) is 46.0 Å². The topological polar surface area (TPSA) is 17.1 Å². The molecule has 0 aliphatic heterocycles. The maximum absolute atomic E-state index is 11.6. The Bertz CT molecular complexity index is 209. The predicted molar refractivity (Wildman–Crippen MR) is 44.3 cm³/mol. The summed E-state index contributed by atoms with van der Waals surface area (Å²) in [6.45, 7) is 4.47. The van der Waals surface area contributed by atoms with Crippen molar-refractivity contribution in [3.05, 3.63) is 0 Å². The molecule has 2 aliphatic rings. The van der Waals surface area contributed by atoms with Crippen molar-refractivity contribution in [1.82, 2.24) is 0 Å². The molecular formula is C10H16O. The Morgan fingerprint density at radius 3 is 2.55 bits per heavy atom. The normalized spacial score (nSPS) is 49.8. The third-order valence-electron chi connectivity index (χ3n) is 4.26. The second-order valence-electron chi connectivity index (χ2n) is 4.67. The SMILES string of the molecule is C[C@]12CCC[C@@]1(C)C(=O)CC2. The molecule has 0 spiro atoms. The van der Waals surface area contributed by atoms with Gasteiger partial charge in [-0.05, 0) is 24.7 Å². The van der Waals surface area contributed by atoms with Crippen LogP contribution < -0.4 is 0 Å². The van der Waals surface area contributed by atoms with Crippen LogP contribution in [0.4, 0.5) is 0 Å². The summed E-state index contributed by atoms with van der Waals surface area (Å²) in [4.78, 5) is 11.6. The first-order valence-electron chi connectivity index (χ1n) is 4.62. The average Bonchev–Trinajstić information content (AvgIpc) is 2.34. The summed E-state index contributed by atoms with van der Waals surface area (Å²) >= 11 is 0. The van der Waals surface area contributed by atoms with Gasteiger partial charge in [-0.25, -0.2) is 0 Å². The van der Waals surface area contributed by atoms with Crippen molar-refractivity contribution >= 4 is 5.78 Å². The number of fused-ring (bicyclic) bond motifs is 1. The minimum atomic E-state index is 0.0625. The van der Waals surface area contributed by atoms with Crippen molar-refractivity contribution in [1.29, 1.82) is 0 Å². The van der Waals surface area contributed by atoms with E-state index in [-0.39, 0.29) is 5.41 Å². The molecule has 1 heteroatoms. The molecule has 0 amide bonds. The summed E-state index contributed by atoms with van der Waals surface area (Å²) in [7, 11) is 0. The predicted octanol–water partition coefficient (Wildman–Crippen LogP) is 2.55. The number of hydrogen-bond donors (Lipinski definition) is 0. The summed E-state index contributed by atoms with van der Waals surface area (Å²) in [5.41, 5.74) is 0.428. The van der Waals surface area contributed by atoms with E-state index in [9.17, 15) is 4.79 Å². The molecule has 0 N–H and O–H groups in total. The van der Waals surface area contributed by atoms with Gasteiger partial charge in [-0.2, -0.15) is 0 Å². The van der Waals surface area contributed by atoms with Gasteiger partial charge in [0.1, 0.15) is 5.78 Å². The van der Waals surface area contributed by atoms with Gasteiger partial charge in [-0.15, -0.1) is 0 Å². The van der Waals surface area contributed by atoms with Crippen LogP contribution in [0.5, 0.6) is 0 Å². The van der Waals surface area contributed by atoms with Crippen molar-refractivity contribution in [2.75, 3.05) is 0 Å². The second kappa shape index (κ2) is 1.88. The standard InChI is InChI=1S/C10H16O/c1-9-5-3-6-10(9,2)8(11)4-7-9/h3-7H2,1-2H3/t9-,10+/m1/s1. The molecule has 2 rings (SSSR count). The van der Waals surface area contributed by atoms with Gasteiger partial charge in [0.2, 0.25) is 0 Å². The molecule has 0 aromatic rings. The van der Waals surface area contributed by atoms with E-state index in [0.717, 1.165) is 19.3 Å². The fraction of sp³-hybridized carbons (Fsp3) is 0.900. The zero-order valence-electron chi connectivity index (χ0n) is 7.44. The zero-order chi connectivity index (χ0) is 8.11. The number of carbonyl (C=O) groups is 1. The number of carbonyl (C=O) groups excluding carboxylic acids is 1. The molecule has 0 radical (unpaired) electrons. The Balaban J connectivity index is 2.41. The number of Topliss-reactive ketones (excluding diaryl/α,β-unsaturated/α-hetero) is 1. The highest BCUT2D eigenvalue weighted by molar-refractivity contribution is 5.88. The molecule has 62 valence electrons. The highest BCUT2D eigenvalue weighted by Gasteiger charge is 2.56. The first-order valence-corrected chi connectivity index (χ1v) is 4.62. The number of ketones is 1. The highest BCUT2D eigenvalue weighted by Crippen LogP contribution is 2.60. The Labute approximate surface area is 68.2 Å². The quantitative estimate of drug-likeness (QED) is 0.521. The molecule has 2 fully saturated rings. The highest BCUT2D eigenvalue weighted by atomic mass is 16.1. The van der Waals surface area contributed by atoms with E-state index in [1.807, 2.05) is 0 Å². The molecule has 0 heterocycles. The summed E-state index contributed by atoms with van der Waals surface area (Å²) in [6.07, 6.45) is 5.66. The smallest absolute Gasteiger partial charge is 0.139 e. The van der Waals surface area contributed by atoms with Crippen molar-refractivity contribution in [2.45, 2.75) is 46.0 Å². The lowest BCUT2D eigenvalue weighted by Gasteiger charge is -2.32. The fourth-order valence-electron chi connectivity index (χ4n) is 2.95. The lowest BCUT2D eigenvalue weighted by molar-refractivity contribution is -0.127. The van der Waals surface area contributed by atoms with Crippen LogP contribution in [-0.4, -0.2) is 5.78 Å². The van der Waals surface area contributed by atoms with Crippen molar-refractivity contribution < 1.29 is 4.79 Å². The van der Waals surface area contributed by atoms with Gasteiger partial charge >= 0.3 is 0 Å². The van der Waals surface area contributed by atoms with Crippen molar-refractivity contribution in [2.24, 2.45) is 10.8 Å². The van der Waals surface area contributed by atoms with Gasteiger partial charge in [-0.1, -0.05) is 20.3 Å². The van der Waals surface area contributed by atoms with Crippen LogP contribution >= 0.6 is 0 Å². The van der Waals surface area contributed by atoms with Crippen LogP contribution in [0.3, 0.4) is 0 Å².